The van der Waals surface area contributed by atoms with Crippen molar-refractivity contribution in [2.24, 2.45) is 23.7 Å². The number of amides is 1. The van der Waals surface area contributed by atoms with Crippen molar-refractivity contribution in [1.82, 2.24) is 25.3 Å². The standard InChI is InChI=1S/C26H37N5O4/c1-15(2)14-34-23-20(13-27-31(23)7-6-25(4,5)24-30-29-16(3)35-24)22(32)28-21-18-8-17-9-19(21)12-26(33,10-17)11-18/h6-7,13,15,17-19,21,33H,8-12,14H2,1-5H3,(H,28,32). The minimum Gasteiger partial charge on any atom is -0.477 e. The number of ether oxygens (including phenoxy) is 1. The van der Waals surface area contributed by atoms with Gasteiger partial charge in [0.2, 0.25) is 17.7 Å². The molecule has 0 saturated heterocycles. The molecule has 2 heterocycles. The Bertz CT molecular complexity index is 1100. The fourth-order valence-electron chi connectivity index (χ4n) is 6.33. The van der Waals surface area contributed by atoms with Crippen LogP contribution in [0.4, 0.5) is 0 Å². The zero-order chi connectivity index (χ0) is 25.0. The van der Waals surface area contributed by atoms with E-state index < -0.39 is 11.0 Å². The molecule has 0 radical (unpaired) electrons. The molecule has 9 heteroatoms. The van der Waals surface area contributed by atoms with E-state index in [1.165, 1.54) is 0 Å². The third-order valence-corrected chi connectivity index (χ3v) is 7.80. The summed E-state index contributed by atoms with van der Waals surface area (Å²) in [6.07, 6.45) is 9.94. The molecule has 35 heavy (non-hydrogen) atoms. The fraction of sp³-hybridized carbons (Fsp3) is 0.692. The third-order valence-electron chi connectivity index (χ3n) is 7.80. The summed E-state index contributed by atoms with van der Waals surface area (Å²) in [4.78, 5) is 13.5. The van der Waals surface area contributed by atoms with Crippen LogP contribution in [0.2, 0.25) is 0 Å². The van der Waals surface area contributed by atoms with E-state index in [9.17, 15) is 9.90 Å². The van der Waals surface area contributed by atoms with Gasteiger partial charge >= 0.3 is 0 Å². The molecule has 0 aliphatic heterocycles. The number of aromatic nitrogens is 4. The van der Waals surface area contributed by atoms with Crippen LogP contribution in [0.25, 0.3) is 6.20 Å². The Hall–Kier alpha value is -2.68. The first-order chi connectivity index (χ1) is 16.5. The second kappa shape index (κ2) is 8.76. The van der Waals surface area contributed by atoms with Gasteiger partial charge in [-0.1, -0.05) is 19.9 Å². The number of carbonyl (C=O) groups excluding carboxylic acids is 1. The first kappa shape index (κ1) is 24.0. The molecule has 4 fully saturated rings. The number of allylic oxidation sites excluding steroid dienone is 1. The molecule has 0 spiro atoms. The molecular formula is C26H37N5O4. The Morgan fingerprint density at radius 2 is 2.03 bits per heavy atom. The third kappa shape index (κ3) is 4.75. The first-order valence-corrected chi connectivity index (χ1v) is 12.8. The van der Waals surface area contributed by atoms with Crippen LogP contribution in [0.5, 0.6) is 5.88 Å². The van der Waals surface area contributed by atoms with Gasteiger partial charge in [0.15, 0.2) is 0 Å². The number of rotatable bonds is 8. The predicted molar refractivity (Wildman–Crippen MR) is 130 cm³/mol. The van der Waals surface area contributed by atoms with Gasteiger partial charge in [0, 0.05) is 19.2 Å². The van der Waals surface area contributed by atoms with Gasteiger partial charge in [0.1, 0.15) is 5.56 Å². The molecule has 2 aromatic rings. The maximum absolute atomic E-state index is 13.5. The largest absolute Gasteiger partial charge is 0.477 e. The fourth-order valence-corrected chi connectivity index (χ4v) is 6.33. The van der Waals surface area contributed by atoms with E-state index in [-0.39, 0.29) is 11.9 Å². The molecule has 9 nitrogen and oxygen atoms in total. The van der Waals surface area contributed by atoms with Crippen LogP contribution < -0.4 is 10.1 Å². The van der Waals surface area contributed by atoms with Gasteiger partial charge < -0.3 is 19.6 Å². The lowest BCUT2D eigenvalue weighted by Crippen LogP contribution is -2.61. The SMILES string of the molecule is Cc1nnc(C(C)(C)C=Cn2ncc(C(=O)NC3C4CC5CC3CC(O)(C5)C4)c2OCC(C)C)o1. The van der Waals surface area contributed by atoms with Crippen LogP contribution in [0.1, 0.15) is 81.9 Å². The number of nitrogens with zero attached hydrogens (tertiary/aromatic N) is 4. The van der Waals surface area contributed by atoms with E-state index >= 15 is 0 Å². The summed E-state index contributed by atoms with van der Waals surface area (Å²) >= 11 is 0. The Balaban J connectivity index is 1.36. The Morgan fingerprint density at radius 1 is 1.31 bits per heavy atom. The van der Waals surface area contributed by atoms with Crippen molar-refractivity contribution in [3.05, 3.63) is 29.6 Å². The lowest BCUT2D eigenvalue weighted by atomic mass is 9.52. The van der Waals surface area contributed by atoms with Crippen LogP contribution in [0.15, 0.2) is 16.7 Å². The Morgan fingerprint density at radius 3 is 2.63 bits per heavy atom. The van der Waals surface area contributed by atoms with Gasteiger partial charge in [-0.2, -0.15) is 5.10 Å². The maximum Gasteiger partial charge on any atom is 0.258 e. The van der Waals surface area contributed by atoms with Gasteiger partial charge in [0.25, 0.3) is 5.91 Å². The number of aliphatic hydroxyl groups is 1. The highest BCUT2D eigenvalue weighted by atomic mass is 16.5. The van der Waals surface area contributed by atoms with Crippen molar-refractivity contribution in [2.45, 2.75) is 83.8 Å². The van der Waals surface area contributed by atoms with Crippen molar-refractivity contribution in [2.75, 3.05) is 6.61 Å². The molecule has 4 saturated carbocycles. The van der Waals surface area contributed by atoms with Gasteiger partial charge in [-0.15, -0.1) is 10.2 Å². The molecule has 4 aliphatic carbocycles. The number of hydrogen-bond acceptors (Lipinski definition) is 7. The average molecular weight is 484 g/mol. The lowest BCUT2D eigenvalue weighted by Gasteiger charge is -2.58. The highest BCUT2D eigenvalue weighted by molar-refractivity contribution is 5.96. The second-order valence-corrected chi connectivity index (χ2v) is 11.9. The smallest absolute Gasteiger partial charge is 0.258 e. The summed E-state index contributed by atoms with van der Waals surface area (Å²) in [6.45, 7) is 10.3. The van der Waals surface area contributed by atoms with E-state index in [0.717, 1.165) is 32.1 Å². The summed E-state index contributed by atoms with van der Waals surface area (Å²) in [5, 5.41) is 26.7. The molecule has 1 amide bonds. The number of aryl methyl sites for hydroxylation is 1. The molecule has 190 valence electrons. The predicted octanol–water partition coefficient (Wildman–Crippen LogP) is 3.73. The van der Waals surface area contributed by atoms with Crippen LogP contribution >= 0.6 is 0 Å². The van der Waals surface area contributed by atoms with Gasteiger partial charge in [0.05, 0.1) is 23.8 Å². The Kier molecular flexibility index (Phi) is 6.02. The number of carbonyl (C=O) groups is 1. The number of hydrogen-bond donors (Lipinski definition) is 2. The molecule has 0 aromatic carbocycles. The summed E-state index contributed by atoms with van der Waals surface area (Å²) in [5.41, 5.74) is -0.622. The Labute approximate surface area is 206 Å². The summed E-state index contributed by atoms with van der Waals surface area (Å²) in [5.74, 6) is 2.83. The highest BCUT2D eigenvalue weighted by Gasteiger charge is 2.55. The second-order valence-electron chi connectivity index (χ2n) is 11.9. The van der Waals surface area contributed by atoms with Crippen LogP contribution in [-0.4, -0.2) is 49.2 Å². The van der Waals surface area contributed by atoms with Crippen molar-refractivity contribution >= 4 is 12.1 Å². The summed E-state index contributed by atoms with van der Waals surface area (Å²) < 4.78 is 13.3. The zero-order valence-corrected chi connectivity index (χ0v) is 21.3. The monoisotopic (exact) mass is 483 g/mol. The van der Waals surface area contributed by atoms with E-state index in [1.807, 2.05) is 19.9 Å². The summed E-state index contributed by atoms with van der Waals surface area (Å²) in [6, 6.07) is 0.0934. The first-order valence-electron chi connectivity index (χ1n) is 12.8. The topological polar surface area (TPSA) is 115 Å². The molecular weight excluding hydrogens is 446 g/mol. The number of nitrogens with one attached hydrogen (secondary N) is 1. The van der Waals surface area contributed by atoms with E-state index in [0.29, 0.717) is 53.5 Å². The normalized spacial score (nSPS) is 29.9. The quantitative estimate of drug-likeness (QED) is 0.588. The van der Waals surface area contributed by atoms with E-state index in [2.05, 4.69) is 34.5 Å². The average Bonchev–Trinajstić information content (AvgIpc) is 3.38. The molecule has 4 bridgehead atoms. The molecule has 2 unspecified atom stereocenters. The molecule has 4 aliphatic rings. The van der Waals surface area contributed by atoms with Crippen molar-refractivity contribution in [3.63, 3.8) is 0 Å². The van der Waals surface area contributed by atoms with E-state index in [1.54, 1.807) is 24.0 Å². The summed E-state index contributed by atoms with van der Waals surface area (Å²) in [7, 11) is 0. The van der Waals surface area contributed by atoms with Gasteiger partial charge in [-0.25, -0.2) is 4.68 Å². The van der Waals surface area contributed by atoms with Crippen molar-refractivity contribution in [3.8, 4) is 5.88 Å². The molecule has 2 atom stereocenters. The molecule has 2 N–H and O–H groups in total. The minimum absolute atomic E-state index is 0.0934. The van der Waals surface area contributed by atoms with Crippen LogP contribution in [0.3, 0.4) is 0 Å². The highest BCUT2D eigenvalue weighted by Crippen LogP contribution is 2.55. The van der Waals surface area contributed by atoms with Gasteiger partial charge in [-0.05, 0) is 69.6 Å². The minimum atomic E-state index is -0.525. The maximum atomic E-state index is 13.5. The zero-order valence-electron chi connectivity index (χ0n) is 21.3. The molecule has 6 rings (SSSR count). The van der Waals surface area contributed by atoms with Crippen molar-refractivity contribution < 1.29 is 19.1 Å². The lowest BCUT2D eigenvalue weighted by molar-refractivity contribution is -0.136. The van der Waals surface area contributed by atoms with Gasteiger partial charge in [-0.3, -0.25) is 4.79 Å². The van der Waals surface area contributed by atoms with Crippen LogP contribution in [0, 0.1) is 30.6 Å². The molecule has 2 aromatic heterocycles. The van der Waals surface area contributed by atoms with Crippen LogP contribution in [-0.2, 0) is 5.41 Å². The van der Waals surface area contributed by atoms with E-state index in [4.69, 9.17) is 9.15 Å². The van der Waals surface area contributed by atoms with Crippen molar-refractivity contribution in [1.29, 1.82) is 0 Å².